The molecule has 0 amide bonds. The van der Waals surface area contributed by atoms with E-state index in [2.05, 4.69) is 4.99 Å². The van der Waals surface area contributed by atoms with Crippen molar-refractivity contribution in [2.45, 2.75) is 74.5 Å². The quantitative estimate of drug-likeness (QED) is 0.0652. The van der Waals surface area contributed by atoms with Crippen LogP contribution in [0.4, 0.5) is 0 Å². The number of phenols is 2. The Hall–Kier alpha value is -7.40. The molecule has 6 aromatic rings. The molecule has 64 heavy (non-hydrogen) atoms. The van der Waals surface area contributed by atoms with Crippen LogP contribution in [-0.4, -0.2) is 48.6 Å². The lowest BCUT2D eigenvalue weighted by Gasteiger charge is -2.24. The van der Waals surface area contributed by atoms with Gasteiger partial charge in [0.15, 0.2) is 6.10 Å². The molecule has 6 aromatic carbocycles. The average molecular weight is 864 g/mol. The van der Waals surface area contributed by atoms with Crippen LogP contribution in [0.25, 0.3) is 0 Å². The summed E-state index contributed by atoms with van der Waals surface area (Å²) < 4.78 is 30.1. The van der Waals surface area contributed by atoms with E-state index in [9.17, 15) is 24.6 Å². The van der Waals surface area contributed by atoms with Crippen molar-refractivity contribution in [1.82, 2.24) is 0 Å². The van der Waals surface area contributed by atoms with Crippen LogP contribution in [0.15, 0.2) is 96.0 Å². The zero-order chi connectivity index (χ0) is 46.6. The molecule has 1 atom stereocenters. The standard InChI is InChI=1S/C53H53NO10/c1-28-30(3)46(62-51(57)41-32(5)40(44(55)33(6)45(41)56)27-54-36(9)37-21-15-12-16-22-37)34(7)48(60-10)42(28)52(58)63-47-31(4)29(2)43(49(61-11)35(47)8)53(59)64-50(38-23-17-13-18-24-38)39-25-19-14-20-26-39/h12-27,36,50,55-56H,1-11H3/t36-/m0/s1. The summed E-state index contributed by atoms with van der Waals surface area (Å²) in [6.45, 7) is 15.2. The number of nitrogens with zero attached hydrogens (tertiary/aromatic N) is 1. The number of aromatic hydroxyl groups is 2. The monoisotopic (exact) mass is 863 g/mol. The van der Waals surface area contributed by atoms with E-state index >= 15 is 0 Å². The molecule has 0 spiro atoms. The molecule has 0 saturated carbocycles. The molecule has 0 aliphatic rings. The zero-order valence-electron chi connectivity index (χ0n) is 38.0. The molecule has 0 aliphatic carbocycles. The smallest absolute Gasteiger partial charge is 0.347 e. The first-order valence-electron chi connectivity index (χ1n) is 20.8. The van der Waals surface area contributed by atoms with Gasteiger partial charge in [-0.2, -0.15) is 0 Å². The van der Waals surface area contributed by atoms with E-state index in [4.69, 9.17) is 23.7 Å². The highest BCUT2D eigenvalue weighted by molar-refractivity contribution is 6.02. The lowest BCUT2D eigenvalue weighted by atomic mass is 9.95. The van der Waals surface area contributed by atoms with Crippen molar-refractivity contribution in [3.05, 3.63) is 174 Å². The van der Waals surface area contributed by atoms with Gasteiger partial charge in [0.25, 0.3) is 0 Å². The zero-order valence-corrected chi connectivity index (χ0v) is 38.0. The normalized spacial score (nSPS) is 11.7. The lowest BCUT2D eigenvalue weighted by Crippen LogP contribution is -2.19. The van der Waals surface area contributed by atoms with Crippen LogP contribution in [-0.2, 0) is 4.74 Å². The maximum Gasteiger partial charge on any atom is 0.347 e. The number of carbonyl (C=O) groups excluding carboxylic acids is 3. The molecule has 0 radical (unpaired) electrons. The molecule has 11 heteroatoms. The van der Waals surface area contributed by atoms with Crippen molar-refractivity contribution < 1.29 is 48.3 Å². The molecule has 0 bridgehead atoms. The van der Waals surface area contributed by atoms with E-state index in [1.165, 1.54) is 27.4 Å². The third-order valence-corrected chi connectivity index (χ3v) is 11.9. The van der Waals surface area contributed by atoms with Gasteiger partial charge in [0, 0.05) is 28.5 Å². The molecule has 6 rings (SSSR count). The summed E-state index contributed by atoms with van der Waals surface area (Å²) in [6.07, 6.45) is 0.787. The molecular weight excluding hydrogens is 811 g/mol. The maximum absolute atomic E-state index is 14.4. The van der Waals surface area contributed by atoms with E-state index in [-0.39, 0.29) is 68.2 Å². The van der Waals surface area contributed by atoms with Gasteiger partial charge >= 0.3 is 17.9 Å². The third kappa shape index (κ3) is 8.79. The highest BCUT2D eigenvalue weighted by Crippen LogP contribution is 2.44. The number of benzene rings is 6. The highest BCUT2D eigenvalue weighted by Gasteiger charge is 2.33. The van der Waals surface area contributed by atoms with Gasteiger partial charge in [-0.25, -0.2) is 14.4 Å². The van der Waals surface area contributed by atoms with E-state index in [0.29, 0.717) is 33.4 Å². The van der Waals surface area contributed by atoms with Crippen LogP contribution in [0.2, 0.25) is 0 Å². The fourth-order valence-electron chi connectivity index (χ4n) is 7.95. The average Bonchev–Trinajstić information content (AvgIpc) is 3.30. The van der Waals surface area contributed by atoms with Crippen molar-refractivity contribution in [1.29, 1.82) is 0 Å². The van der Waals surface area contributed by atoms with Gasteiger partial charge in [0.05, 0.1) is 20.3 Å². The Morgan fingerprint density at radius 2 is 0.891 bits per heavy atom. The van der Waals surface area contributed by atoms with Crippen LogP contribution >= 0.6 is 0 Å². The Morgan fingerprint density at radius 1 is 0.484 bits per heavy atom. The molecule has 0 fully saturated rings. The Balaban J connectivity index is 1.32. The number of esters is 3. The predicted octanol–water partition coefficient (Wildman–Crippen LogP) is 11.1. The second kappa shape index (κ2) is 19.3. The Morgan fingerprint density at radius 3 is 1.33 bits per heavy atom. The summed E-state index contributed by atoms with van der Waals surface area (Å²) in [4.78, 5) is 47.2. The van der Waals surface area contributed by atoms with Gasteiger partial charge in [-0.15, -0.1) is 0 Å². The van der Waals surface area contributed by atoms with E-state index in [1.807, 2.05) is 97.9 Å². The topological polar surface area (TPSA) is 150 Å². The molecule has 2 N–H and O–H groups in total. The number of ether oxygens (including phenoxy) is 5. The van der Waals surface area contributed by atoms with Crippen molar-refractivity contribution >= 4 is 24.1 Å². The summed E-state index contributed by atoms with van der Waals surface area (Å²) in [7, 11) is 2.83. The largest absolute Gasteiger partial charge is 0.507 e. The van der Waals surface area contributed by atoms with Crippen molar-refractivity contribution in [3.8, 4) is 34.5 Å². The van der Waals surface area contributed by atoms with Gasteiger partial charge in [-0.3, -0.25) is 4.99 Å². The lowest BCUT2D eigenvalue weighted by molar-refractivity contribution is 0.0373. The van der Waals surface area contributed by atoms with Gasteiger partial charge in [-0.05, 0) is 107 Å². The second-order valence-electron chi connectivity index (χ2n) is 15.7. The van der Waals surface area contributed by atoms with Crippen LogP contribution in [0.5, 0.6) is 34.5 Å². The highest BCUT2D eigenvalue weighted by atomic mass is 16.6. The first kappa shape index (κ1) is 46.1. The Bertz CT molecular complexity index is 2740. The first-order chi connectivity index (χ1) is 30.5. The minimum absolute atomic E-state index is 0.0811. The minimum atomic E-state index is -0.891. The van der Waals surface area contributed by atoms with Gasteiger partial charge in [0.1, 0.15) is 51.2 Å². The fraction of sp³-hybridized carbons (Fsp3) is 0.245. The Kier molecular flexibility index (Phi) is 13.9. The number of methoxy groups -OCH3 is 2. The molecule has 0 saturated heterocycles. The second-order valence-corrected chi connectivity index (χ2v) is 15.7. The number of phenolic OH excluding ortho intramolecular Hbond substituents is 2. The molecular formula is C53H53NO10. The summed E-state index contributed by atoms with van der Waals surface area (Å²) in [6, 6.07) is 28.3. The predicted molar refractivity (Wildman–Crippen MR) is 246 cm³/mol. The molecule has 0 unspecified atom stereocenters. The van der Waals surface area contributed by atoms with Crippen LogP contribution < -0.4 is 18.9 Å². The van der Waals surface area contributed by atoms with E-state index in [0.717, 1.165) is 16.7 Å². The summed E-state index contributed by atoms with van der Waals surface area (Å²) >= 11 is 0. The van der Waals surface area contributed by atoms with Crippen LogP contribution in [0.1, 0.15) is 117 Å². The molecule has 0 heterocycles. The molecule has 11 nitrogen and oxygen atoms in total. The fourth-order valence-corrected chi connectivity index (χ4v) is 7.95. The number of rotatable bonds is 13. The summed E-state index contributed by atoms with van der Waals surface area (Å²) in [5.41, 5.74) is 5.88. The van der Waals surface area contributed by atoms with Crippen LogP contribution in [0, 0.1) is 55.4 Å². The van der Waals surface area contributed by atoms with E-state index in [1.54, 1.807) is 48.5 Å². The van der Waals surface area contributed by atoms with Crippen molar-refractivity contribution in [2.75, 3.05) is 14.2 Å². The van der Waals surface area contributed by atoms with E-state index < -0.39 is 29.8 Å². The van der Waals surface area contributed by atoms with Crippen LogP contribution in [0.3, 0.4) is 0 Å². The third-order valence-electron chi connectivity index (χ3n) is 11.9. The van der Waals surface area contributed by atoms with Gasteiger partial charge < -0.3 is 33.9 Å². The molecule has 330 valence electrons. The maximum atomic E-state index is 14.4. The molecule has 0 aromatic heterocycles. The molecule has 0 aliphatic heterocycles. The van der Waals surface area contributed by atoms with Crippen molar-refractivity contribution in [3.63, 3.8) is 0 Å². The SMILES string of the molecule is COc1c(C)c(OC(=O)c2c(C)c(C=N[C@@H](C)c3ccccc3)c(O)c(C)c2O)c(C)c(C)c1C(=O)Oc1c(C)c(C)c(C(=O)OC(c2ccccc2)c2ccccc2)c(OC)c1C. The number of aliphatic imine (C=N–C) groups is 1. The van der Waals surface area contributed by atoms with Crippen molar-refractivity contribution in [2.24, 2.45) is 4.99 Å². The van der Waals surface area contributed by atoms with Gasteiger partial charge in [0.2, 0.25) is 0 Å². The summed E-state index contributed by atoms with van der Waals surface area (Å²) in [5.74, 6) is -2.30. The van der Waals surface area contributed by atoms with Gasteiger partial charge in [-0.1, -0.05) is 91.0 Å². The number of hydrogen-bond donors (Lipinski definition) is 2. The minimum Gasteiger partial charge on any atom is -0.507 e. The number of hydrogen-bond acceptors (Lipinski definition) is 11. The number of carbonyl (C=O) groups is 3. The first-order valence-corrected chi connectivity index (χ1v) is 20.8. The summed E-state index contributed by atoms with van der Waals surface area (Å²) in [5, 5.41) is 22.2. The Labute approximate surface area is 373 Å².